The summed E-state index contributed by atoms with van der Waals surface area (Å²) < 4.78 is 5.19. The molecule has 0 bridgehead atoms. The van der Waals surface area contributed by atoms with Crippen LogP contribution < -0.4 is 0 Å². The van der Waals surface area contributed by atoms with E-state index < -0.39 is 5.97 Å². The molecule has 2 unspecified atom stereocenters. The molecule has 0 spiro atoms. The number of furan rings is 1. The second kappa shape index (κ2) is 5.12. The van der Waals surface area contributed by atoms with Crippen molar-refractivity contribution in [2.24, 2.45) is 5.92 Å². The van der Waals surface area contributed by atoms with Gasteiger partial charge in [-0.25, -0.2) is 4.79 Å². The number of piperidine rings is 1. The maximum Gasteiger partial charge on any atom is 0.371 e. The summed E-state index contributed by atoms with van der Waals surface area (Å²) in [5.74, 6) is -0.129. The highest BCUT2D eigenvalue weighted by molar-refractivity contribution is 5.84. The van der Waals surface area contributed by atoms with E-state index >= 15 is 0 Å². The van der Waals surface area contributed by atoms with Crippen molar-refractivity contribution < 1.29 is 19.4 Å². The van der Waals surface area contributed by atoms with Crippen LogP contribution in [0.4, 0.5) is 0 Å². The Bertz CT molecular complexity index is 440. The number of aromatic carboxylic acids is 1. The van der Waals surface area contributed by atoms with E-state index in [9.17, 15) is 9.90 Å². The minimum Gasteiger partial charge on any atom is -0.475 e. The summed E-state index contributed by atoms with van der Waals surface area (Å²) in [5.41, 5.74) is 0.913. The fourth-order valence-electron chi connectivity index (χ4n) is 2.39. The van der Waals surface area contributed by atoms with Gasteiger partial charge in [0.2, 0.25) is 5.76 Å². The Morgan fingerprint density at radius 3 is 2.89 bits per heavy atom. The highest BCUT2D eigenvalue weighted by Gasteiger charge is 2.25. The normalized spacial score (nSPS) is 25.3. The van der Waals surface area contributed by atoms with Gasteiger partial charge in [0, 0.05) is 25.2 Å². The first-order valence-electron chi connectivity index (χ1n) is 6.20. The number of hydrogen-bond donors (Lipinski definition) is 2. The second-order valence-corrected chi connectivity index (χ2v) is 5.07. The number of carboxylic acids is 1. The van der Waals surface area contributed by atoms with Crippen LogP contribution in [0.1, 0.15) is 35.2 Å². The van der Waals surface area contributed by atoms with Crippen LogP contribution in [0.5, 0.6) is 0 Å². The van der Waals surface area contributed by atoms with Crippen molar-refractivity contribution in [1.29, 1.82) is 0 Å². The van der Waals surface area contributed by atoms with Gasteiger partial charge in [-0.2, -0.15) is 0 Å². The number of nitrogens with zero attached hydrogens (tertiary/aromatic N) is 1. The number of aryl methyl sites for hydroxylation is 1. The Labute approximate surface area is 106 Å². The summed E-state index contributed by atoms with van der Waals surface area (Å²) in [6.07, 6.45) is 0.547. The molecule has 2 N–H and O–H groups in total. The van der Waals surface area contributed by atoms with E-state index in [1.165, 1.54) is 0 Å². The molecule has 0 radical (unpaired) electrons. The number of aliphatic hydroxyl groups excluding tert-OH is 1. The van der Waals surface area contributed by atoms with E-state index in [2.05, 4.69) is 4.90 Å². The lowest BCUT2D eigenvalue weighted by Gasteiger charge is -2.34. The van der Waals surface area contributed by atoms with Crippen molar-refractivity contribution in [1.82, 2.24) is 4.90 Å². The van der Waals surface area contributed by atoms with Gasteiger partial charge in [-0.05, 0) is 25.3 Å². The summed E-state index contributed by atoms with van der Waals surface area (Å²) in [6.45, 7) is 6.15. The Kier molecular flexibility index (Phi) is 3.73. The summed E-state index contributed by atoms with van der Waals surface area (Å²) >= 11 is 0. The largest absolute Gasteiger partial charge is 0.475 e. The molecule has 0 saturated carbocycles. The van der Waals surface area contributed by atoms with Gasteiger partial charge < -0.3 is 14.6 Å². The first-order valence-corrected chi connectivity index (χ1v) is 6.20. The number of likely N-dealkylation sites (tertiary alicyclic amines) is 1. The van der Waals surface area contributed by atoms with Crippen LogP contribution in [-0.4, -0.2) is 40.3 Å². The smallest absolute Gasteiger partial charge is 0.371 e. The molecule has 18 heavy (non-hydrogen) atoms. The molecule has 2 rings (SSSR count). The second-order valence-electron chi connectivity index (χ2n) is 5.07. The van der Waals surface area contributed by atoms with Crippen molar-refractivity contribution in [3.63, 3.8) is 0 Å². The zero-order chi connectivity index (χ0) is 13.3. The van der Waals surface area contributed by atoms with E-state index in [4.69, 9.17) is 9.52 Å². The maximum absolute atomic E-state index is 10.8. The fraction of sp³-hybridized carbons (Fsp3) is 0.615. The topological polar surface area (TPSA) is 73.9 Å². The first-order chi connectivity index (χ1) is 8.47. The van der Waals surface area contributed by atoms with Crippen molar-refractivity contribution in [3.8, 4) is 0 Å². The van der Waals surface area contributed by atoms with Gasteiger partial charge in [0.1, 0.15) is 5.76 Å². The molecular formula is C13H19NO4. The molecule has 2 atom stereocenters. The lowest BCUT2D eigenvalue weighted by molar-refractivity contribution is 0.0319. The Morgan fingerprint density at radius 2 is 2.33 bits per heavy atom. The molecule has 100 valence electrons. The number of hydrogen-bond acceptors (Lipinski definition) is 4. The van der Waals surface area contributed by atoms with E-state index in [0.717, 1.165) is 25.1 Å². The molecule has 0 aromatic carbocycles. The average Bonchev–Trinajstić information content (AvgIpc) is 2.66. The van der Waals surface area contributed by atoms with Crippen LogP contribution in [0.3, 0.4) is 0 Å². The summed E-state index contributed by atoms with van der Waals surface area (Å²) in [4.78, 5) is 13.0. The van der Waals surface area contributed by atoms with Gasteiger partial charge >= 0.3 is 5.97 Å². The minimum atomic E-state index is -1.04. The molecule has 1 aliphatic rings. The number of rotatable bonds is 3. The van der Waals surface area contributed by atoms with Crippen molar-refractivity contribution in [2.75, 3.05) is 13.1 Å². The minimum absolute atomic E-state index is 0.00686. The van der Waals surface area contributed by atoms with Gasteiger partial charge in [-0.15, -0.1) is 0 Å². The average molecular weight is 253 g/mol. The third-order valence-corrected chi connectivity index (χ3v) is 3.57. The zero-order valence-corrected chi connectivity index (χ0v) is 10.7. The van der Waals surface area contributed by atoms with Gasteiger partial charge in [0.15, 0.2) is 0 Å². The van der Waals surface area contributed by atoms with E-state index in [1.807, 2.05) is 6.92 Å². The highest BCUT2D eigenvalue weighted by Crippen LogP contribution is 2.21. The standard InChI is InChI=1S/C13H19NO4/c1-8-6-14(4-3-11(8)15)7-10-5-12(13(16)17)18-9(10)2/h5,8,11,15H,3-4,6-7H2,1-2H3,(H,16,17). The molecule has 1 saturated heterocycles. The van der Waals surface area contributed by atoms with E-state index in [1.54, 1.807) is 13.0 Å². The van der Waals surface area contributed by atoms with Crippen LogP contribution in [0.2, 0.25) is 0 Å². The SMILES string of the molecule is Cc1oc(C(=O)O)cc1CN1CCC(O)C(C)C1. The number of carboxylic acid groups (broad SMARTS) is 1. The molecule has 0 aliphatic carbocycles. The molecule has 1 aromatic rings. The first kappa shape index (κ1) is 13.1. The van der Waals surface area contributed by atoms with Crippen LogP contribution in [-0.2, 0) is 6.54 Å². The van der Waals surface area contributed by atoms with Gasteiger partial charge in [-0.3, -0.25) is 4.90 Å². The molecule has 5 nitrogen and oxygen atoms in total. The van der Waals surface area contributed by atoms with Crippen LogP contribution in [0.25, 0.3) is 0 Å². The van der Waals surface area contributed by atoms with E-state index in [-0.39, 0.29) is 17.8 Å². The summed E-state index contributed by atoms with van der Waals surface area (Å²) in [6, 6.07) is 1.59. The molecule has 1 aliphatic heterocycles. The lowest BCUT2D eigenvalue weighted by Crippen LogP contribution is -2.41. The predicted molar refractivity (Wildman–Crippen MR) is 65.5 cm³/mol. The van der Waals surface area contributed by atoms with Crippen molar-refractivity contribution >= 4 is 5.97 Å². The Morgan fingerprint density at radius 1 is 1.61 bits per heavy atom. The van der Waals surface area contributed by atoms with Crippen LogP contribution in [0, 0.1) is 12.8 Å². The summed E-state index contributed by atoms with van der Waals surface area (Å²) in [7, 11) is 0. The molecule has 2 heterocycles. The quantitative estimate of drug-likeness (QED) is 0.853. The highest BCUT2D eigenvalue weighted by atomic mass is 16.4. The number of aliphatic hydroxyl groups is 1. The van der Waals surface area contributed by atoms with Crippen molar-refractivity contribution in [2.45, 2.75) is 32.9 Å². The predicted octanol–water partition coefficient (Wildman–Crippen LogP) is 1.49. The Balaban J connectivity index is 2.03. The molecule has 0 amide bonds. The molecule has 1 aromatic heterocycles. The molecular weight excluding hydrogens is 234 g/mol. The summed E-state index contributed by atoms with van der Waals surface area (Å²) in [5, 5.41) is 18.5. The fourth-order valence-corrected chi connectivity index (χ4v) is 2.39. The van der Waals surface area contributed by atoms with E-state index in [0.29, 0.717) is 12.3 Å². The molecule has 1 fully saturated rings. The van der Waals surface area contributed by atoms with Gasteiger partial charge in [0.25, 0.3) is 0 Å². The molecule has 5 heteroatoms. The van der Waals surface area contributed by atoms with Crippen LogP contribution >= 0.6 is 0 Å². The third-order valence-electron chi connectivity index (χ3n) is 3.57. The third kappa shape index (κ3) is 2.73. The van der Waals surface area contributed by atoms with Crippen LogP contribution in [0.15, 0.2) is 10.5 Å². The monoisotopic (exact) mass is 253 g/mol. The van der Waals surface area contributed by atoms with Gasteiger partial charge in [-0.1, -0.05) is 6.92 Å². The van der Waals surface area contributed by atoms with Crippen molar-refractivity contribution in [3.05, 3.63) is 23.2 Å². The van der Waals surface area contributed by atoms with Gasteiger partial charge in [0.05, 0.1) is 6.10 Å². The zero-order valence-electron chi connectivity index (χ0n) is 10.7. The lowest BCUT2D eigenvalue weighted by atomic mass is 9.96. The maximum atomic E-state index is 10.8. The number of carbonyl (C=O) groups is 1. The Hall–Kier alpha value is -1.33.